The molecule has 0 spiro atoms. The quantitative estimate of drug-likeness (QED) is 0.593. The smallest absolute Gasteiger partial charge is 0.243 e. The number of carbonyl (C=O) groups excluding carboxylic acids is 1. The van der Waals surface area contributed by atoms with Crippen LogP contribution in [0.2, 0.25) is 0 Å². The molecule has 0 radical (unpaired) electrons. The molecule has 148 valence electrons. The molecular formula is C20H36N4O2. The number of likely N-dealkylation sites (N-methyl/N-ethyl adjacent to an activating group) is 1. The van der Waals surface area contributed by atoms with Crippen LogP contribution in [0.25, 0.3) is 0 Å². The Balaban J connectivity index is 1.67. The molecule has 2 aliphatic carbocycles. The van der Waals surface area contributed by atoms with Gasteiger partial charge in [-0.2, -0.15) is 0 Å². The molecule has 26 heavy (non-hydrogen) atoms. The van der Waals surface area contributed by atoms with Gasteiger partial charge in [0.05, 0.1) is 6.10 Å². The lowest BCUT2D eigenvalue weighted by molar-refractivity contribution is -0.188. The van der Waals surface area contributed by atoms with Crippen molar-refractivity contribution in [3.05, 3.63) is 0 Å². The average molecular weight is 365 g/mol. The van der Waals surface area contributed by atoms with Crippen LogP contribution in [-0.4, -0.2) is 62.2 Å². The molecule has 0 aromatic rings. The second kappa shape index (κ2) is 8.15. The van der Waals surface area contributed by atoms with Crippen LogP contribution in [0.15, 0.2) is 4.99 Å². The van der Waals surface area contributed by atoms with Crippen molar-refractivity contribution >= 4 is 11.9 Å². The maximum absolute atomic E-state index is 12.0. The van der Waals surface area contributed by atoms with Gasteiger partial charge in [-0.05, 0) is 25.7 Å². The number of guanidine groups is 1. The van der Waals surface area contributed by atoms with E-state index >= 15 is 0 Å². The van der Waals surface area contributed by atoms with Crippen molar-refractivity contribution in [1.82, 2.24) is 15.5 Å². The van der Waals surface area contributed by atoms with Gasteiger partial charge in [0, 0.05) is 44.1 Å². The van der Waals surface area contributed by atoms with E-state index in [1.54, 1.807) is 19.0 Å². The van der Waals surface area contributed by atoms with Crippen molar-refractivity contribution in [1.29, 1.82) is 0 Å². The van der Waals surface area contributed by atoms with E-state index in [4.69, 9.17) is 4.74 Å². The monoisotopic (exact) mass is 364 g/mol. The van der Waals surface area contributed by atoms with Crippen LogP contribution >= 0.6 is 0 Å². The molecule has 3 unspecified atom stereocenters. The summed E-state index contributed by atoms with van der Waals surface area (Å²) in [5, 5.41) is 7.28. The first-order valence-electron chi connectivity index (χ1n) is 10.3. The molecule has 0 bridgehead atoms. The summed E-state index contributed by atoms with van der Waals surface area (Å²) in [7, 11) is 3.55. The Labute approximate surface area is 158 Å². The lowest BCUT2D eigenvalue weighted by Gasteiger charge is -2.60. The summed E-state index contributed by atoms with van der Waals surface area (Å²) in [6, 6.07) is 0.808. The third-order valence-electron chi connectivity index (χ3n) is 6.44. The number of nitrogens with zero attached hydrogens (tertiary/aromatic N) is 2. The van der Waals surface area contributed by atoms with E-state index in [2.05, 4.69) is 29.5 Å². The minimum absolute atomic E-state index is 0.0292. The molecule has 3 fully saturated rings. The van der Waals surface area contributed by atoms with Crippen molar-refractivity contribution in [2.75, 3.05) is 27.2 Å². The van der Waals surface area contributed by atoms with Crippen molar-refractivity contribution in [2.24, 2.45) is 16.3 Å². The highest BCUT2D eigenvalue weighted by Crippen LogP contribution is 2.51. The number of nitrogens with one attached hydrogen (secondary N) is 2. The molecule has 1 aliphatic heterocycles. The molecule has 2 saturated carbocycles. The molecule has 0 aromatic heterocycles. The molecule has 2 N–H and O–H groups in total. The fourth-order valence-corrected chi connectivity index (χ4v) is 4.82. The second-order valence-corrected chi connectivity index (χ2v) is 8.97. The molecule has 3 aliphatic rings. The van der Waals surface area contributed by atoms with Gasteiger partial charge < -0.3 is 20.3 Å². The summed E-state index contributed by atoms with van der Waals surface area (Å²) in [5.74, 6) is 1.37. The van der Waals surface area contributed by atoms with Crippen molar-refractivity contribution < 1.29 is 9.53 Å². The summed E-state index contributed by atoms with van der Waals surface area (Å²) >= 11 is 0. The zero-order chi connectivity index (χ0) is 18.7. The van der Waals surface area contributed by atoms with Crippen molar-refractivity contribution in [2.45, 2.75) is 77.0 Å². The van der Waals surface area contributed by atoms with Gasteiger partial charge in [0.25, 0.3) is 0 Å². The summed E-state index contributed by atoms with van der Waals surface area (Å²) in [6.45, 7) is 5.63. The number of ether oxygens (including phenoxy) is 1. The number of rotatable bonds is 4. The van der Waals surface area contributed by atoms with Gasteiger partial charge in [-0.3, -0.25) is 4.79 Å². The molecule has 0 aromatic carbocycles. The van der Waals surface area contributed by atoms with E-state index < -0.39 is 0 Å². The number of hydrogen-bond donors (Lipinski definition) is 2. The normalized spacial score (nSPS) is 31.5. The molecule has 6 heteroatoms. The number of hydrogen-bond acceptors (Lipinski definition) is 3. The first-order valence-corrected chi connectivity index (χ1v) is 10.3. The molecule has 6 nitrogen and oxygen atoms in total. The van der Waals surface area contributed by atoms with Crippen LogP contribution in [0.3, 0.4) is 0 Å². The summed E-state index contributed by atoms with van der Waals surface area (Å²) in [4.78, 5) is 18.2. The maximum atomic E-state index is 12.0. The van der Waals surface area contributed by atoms with Gasteiger partial charge in [-0.1, -0.05) is 33.1 Å². The lowest BCUT2D eigenvalue weighted by atomic mass is 9.55. The van der Waals surface area contributed by atoms with Crippen LogP contribution in [0.5, 0.6) is 0 Å². The molecule has 3 rings (SSSR count). The molecule has 1 saturated heterocycles. The number of amides is 1. The Bertz CT molecular complexity index is 526. The second-order valence-electron chi connectivity index (χ2n) is 8.97. The zero-order valence-corrected chi connectivity index (χ0v) is 16.9. The number of carbonyl (C=O) groups is 1. The number of aliphatic imine (C=N–C) groups is 1. The van der Waals surface area contributed by atoms with Crippen LogP contribution in [0.1, 0.15) is 58.8 Å². The molecule has 3 atom stereocenters. The fraction of sp³-hybridized carbons (Fsp3) is 0.900. The van der Waals surface area contributed by atoms with Crippen LogP contribution in [-0.2, 0) is 9.53 Å². The van der Waals surface area contributed by atoms with E-state index in [1.807, 2.05) is 0 Å². The van der Waals surface area contributed by atoms with Gasteiger partial charge in [-0.15, -0.1) is 0 Å². The van der Waals surface area contributed by atoms with E-state index in [-0.39, 0.29) is 17.9 Å². The van der Waals surface area contributed by atoms with E-state index in [0.29, 0.717) is 24.1 Å². The van der Waals surface area contributed by atoms with Gasteiger partial charge in [0.1, 0.15) is 6.54 Å². The largest absolute Gasteiger partial charge is 0.377 e. The predicted octanol–water partition coefficient (Wildman–Crippen LogP) is 2.15. The molecular weight excluding hydrogens is 328 g/mol. The highest BCUT2D eigenvalue weighted by atomic mass is 16.5. The summed E-state index contributed by atoms with van der Waals surface area (Å²) in [6.07, 6.45) is 8.93. The lowest BCUT2D eigenvalue weighted by Crippen LogP contribution is -2.71. The Morgan fingerprint density at radius 3 is 2.54 bits per heavy atom. The number of fused-ring (bicyclic) bond motifs is 1. The van der Waals surface area contributed by atoms with Gasteiger partial charge in [0.2, 0.25) is 5.91 Å². The van der Waals surface area contributed by atoms with Crippen molar-refractivity contribution in [3.63, 3.8) is 0 Å². The predicted molar refractivity (Wildman–Crippen MR) is 104 cm³/mol. The van der Waals surface area contributed by atoms with Gasteiger partial charge in [-0.25, -0.2) is 4.99 Å². The van der Waals surface area contributed by atoms with Crippen LogP contribution in [0, 0.1) is 11.3 Å². The van der Waals surface area contributed by atoms with Gasteiger partial charge in [0.15, 0.2) is 5.96 Å². The molecule has 1 amide bonds. The summed E-state index contributed by atoms with van der Waals surface area (Å²) < 4.78 is 6.02. The minimum atomic E-state index is 0.0292. The zero-order valence-electron chi connectivity index (χ0n) is 16.9. The average Bonchev–Trinajstić information content (AvgIpc) is 2.64. The third-order valence-corrected chi connectivity index (χ3v) is 6.44. The Morgan fingerprint density at radius 1 is 1.12 bits per heavy atom. The SMILES string of the molecule is CN(C)C(=O)CN=C(NC1CCCCC1)NC1C2CCCOC2C1(C)C. The Hall–Kier alpha value is -1.30. The standard InChI is InChI=1S/C20H36N4O2/c1-20(2)17(15-11-8-12-26-18(15)20)23-19(21-13-16(25)24(3)4)22-14-9-6-5-7-10-14/h14-15,17-18H,5-13H2,1-4H3,(H2,21,22,23). The fourth-order valence-electron chi connectivity index (χ4n) is 4.82. The van der Waals surface area contributed by atoms with Crippen LogP contribution in [0.4, 0.5) is 0 Å². The highest BCUT2D eigenvalue weighted by molar-refractivity contribution is 5.85. The van der Waals surface area contributed by atoms with Crippen molar-refractivity contribution in [3.8, 4) is 0 Å². The van der Waals surface area contributed by atoms with Gasteiger partial charge >= 0.3 is 0 Å². The topological polar surface area (TPSA) is 66.0 Å². The Kier molecular flexibility index (Phi) is 6.10. The minimum Gasteiger partial charge on any atom is -0.377 e. The van der Waals surface area contributed by atoms with E-state index in [1.165, 1.54) is 38.5 Å². The first kappa shape index (κ1) is 19.5. The maximum Gasteiger partial charge on any atom is 0.243 e. The van der Waals surface area contributed by atoms with E-state index in [9.17, 15) is 4.79 Å². The van der Waals surface area contributed by atoms with Crippen LogP contribution < -0.4 is 10.6 Å². The highest BCUT2D eigenvalue weighted by Gasteiger charge is 2.58. The summed E-state index contributed by atoms with van der Waals surface area (Å²) in [5.41, 5.74) is 0.0889. The Morgan fingerprint density at radius 2 is 1.85 bits per heavy atom. The third kappa shape index (κ3) is 4.16. The molecule has 1 heterocycles. The van der Waals surface area contributed by atoms with E-state index in [0.717, 1.165) is 19.0 Å². The first-order chi connectivity index (χ1) is 12.4.